The first kappa shape index (κ1) is 26.7. The Bertz CT molecular complexity index is 1300. The lowest BCUT2D eigenvalue weighted by Crippen LogP contribution is -2.41. The topological polar surface area (TPSA) is 103 Å². The van der Waals surface area contributed by atoms with Crippen molar-refractivity contribution in [2.45, 2.75) is 17.9 Å². The van der Waals surface area contributed by atoms with E-state index in [2.05, 4.69) is 5.32 Å². The summed E-state index contributed by atoms with van der Waals surface area (Å²) in [5.74, 6) is 1.36. The number of sulfonamides is 1. The lowest BCUT2D eigenvalue weighted by molar-refractivity contribution is -0.120. The van der Waals surface area contributed by atoms with Gasteiger partial charge in [0.15, 0.2) is 23.0 Å². The highest BCUT2D eigenvalue weighted by molar-refractivity contribution is 7.92. The van der Waals surface area contributed by atoms with Gasteiger partial charge in [0.05, 0.1) is 45.1 Å². The Kier molecular flexibility index (Phi) is 8.65. The first-order chi connectivity index (χ1) is 17.2. The number of carbonyl (C=O) groups is 1. The smallest absolute Gasteiger partial charge is 0.264 e. The fourth-order valence-corrected chi connectivity index (χ4v) is 5.07. The summed E-state index contributed by atoms with van der Waals surface area (Å²) in [7, 11) is 1.93. The summed E-state index contributed by atoms with van der Waals surface area (Å²) in [6, 6.07) is 17.5. The van der Waals surface area contributed by atoms with Gasteiger partial charge >= 0.3 is 0 Å². The number of hydrogen-bond acceptors (Lipinski definition) is 7. The average Bonchev–Trinajstić information content (AvgIpc) is 2.91. The molecule has 3 aromatic rings. The predicted octanol–water partition coefficient (Wildman–Crippen LogP) is 3.79. The van der Waals surface area contributed by atoms with Crippen LogP contribution in [0.3, 0.4) is 0 Å². The van der Waals surface area contributed by atoms with Crippen molar-refractivity contribution in [1.29, 1.82) is 0 Å². The molecule has 0 saturated carbocycles. The largest absolute Gasteiger partial charge is 0.493 e. The molecule has 36 heavy (non-hydrogen) atoms. The van der Waals surface area contributed by atoms with Crippen molar-refractivity contribution < 1.29 is 32.2 Å². The molecule has 0 saturated heterocycles. The van der Waals surface area contributed by atoms with E-state index in [1.807, 2.05) is 0 Å². The van der Waals surface area contributed by atoms with Gasteiger partial charge in [-0.1, -0.05) is 24.3 Å². The predicted molar refractivity (Wildman–Crippen MR) is 137 cm³/mol. The van der Waals surface area contributed by atoms with Crippen LogP contribution in [0.25, 0.3) is 0 Å². The summed E-state index contributed by atoms with van der Waals surface area (Å²) < 4.78 is 49.4. The van der Waals surface area contributed by atoms with E-state index in [0.717, 1.165) is 9.87 Å². The Morgan fingerprint density at radius 1 is 0.806 bits per heavy atom. The van der Waals surface area contributed by atoms with Crippen LogP contribution in [-0.2, 0) is 14.8 Å². The lowest BCUT2D eigenvalue weighted by atomic mass is 10.1. The van der Waals surface area contributed by atoms with Crippen molar-refractivity contribution in [3.05, 3.63) is 72.3 Å². The van der Waals surface area contributed by atoms with Crippen molar-refractivity contribution in [2.75, 3.05) is 39.3 Å². The maximum atomic E-state index is 13.6. The van der Waals surface area contributed by atoms with E-state index in [4.69, 9.17) is 18.9 Å². The van der Waals surface area contributed by atoms with Gasteiger partial charge in [-0.05, 0) is 48.9 Å². The van der Waals surface area contributed by atoms with Crippen molar-refractivity contribution in [3.8, 4) is 23.0 Å². The molecule has 1 atom stereocenters. The van der Waals surface area contributed by atoms with Crippen LogP contribution < -0.4 is 28.6 Å². The number of anilines is 1. The molecule has 0 aliphatic rings. The molecular formula is C26H30N2O7S. The Labute approximate surface area is 211 Å². The highest BCUT2D eigenvalue weighted by atomic mass is 32.2. The highest BCUT2D eigenvalue weighted by Crippen LogP contribution is 2.34. The second-order valence-corrected chi connectivity index (χ2v) is 9.63. The summed E-state index contributed by atoms with van der Waals surface area (Å²) in [6.07, 6.45) is 0. The standard InChI is InChI=1S/C26H30N2O7S/c1-18(19-11-13-22(32-2)24(15-19)34-4)27-26(29)17-28(36(30,31)21-9-7-6-8-10-21)20-12-14-23(33-3)25(16-20)35-5/h6-16,18H,17H2,1-5H3,(H,27,29)/t18-/m1/s1. The van der Waals surface area contributed by atoms with Crippen molar-refractivity contribution in [3.63, 3.8) is 0 Å². The molecule has 0 heterocycles. The van der Waals surface area contributed by atoms with Crippen LogP contribution in [0.2, 0.25) is 0 Å². The van der Waals surface area contributed by atoms with Gasteiger partial charge in [0.25, 0.3) is 10.0 Å². The average molecular weight is 515 g/mol. The Morgan fingerprint density at radius 2 is 1.36 bits per heavy atom. The molecule has 0 spiro atoms. The summed E-state index contributed by atoms with van der Waals surface area (Å²) in [4.78, 5) is 13.2. The summed E-state index contributed by atoms with van der Waals surface area (Å²) >= 11 is 0. The minimum absolute atomic E-state index is 0.0560. The zero-order valence-electron chi connectivity index (χ0n) is 20.8. The van der Waals surface area contributed by atoms with E-state index < -0.39 is 28.5 Å². The molecule has 1 amide bonds. The van der Waals surface area contributed by atoms with E-state index in [1.54, 1.807) is 62.6 Å². The molecular weight excluding hydrogens is 484 g/mol. The normalized spacial score (nSPS) is 11.8. The molecule has 0 aromatic heterocycles. The third-order valence-electron chi connectivity index (χ3n) is 5.56. The summed E-state index contributed by atoms with van der Waals surface area (Å²) in [6.45, 7) is 1.34. The van der Waals surface area contributed by atoms with E-state index in [1.165, 1.54) is 39.5 Å². The molecule has 0 aliphatic carbocycles. The first-order valence-corrected chi connectivity index (χ1v) is 12.5. The second kappa shape index (κ2) is 11.7. The van der Waals surface area contributed by atoms with Gasteiger partial charge in [0.1, 0.15) is 6.54 Å². The van der Waals surface area contributed by atoms with E-state index in [9.17, 15) is 13.2 Å². The SMILES string of the molecule is COc1ccc([C@@H](C)NC(=O)CN(c2ccc(OC)c(OC)c2)S(=O)(=O)c2ccccc2)cc1OC. The minimum atomic E-state index is -4.07. The molecule has 0 unspecified atom stereocenters. The number of carbonyl (C=O) groups excluding carboxylic acids is 1. The van der Waals surface area contributed by atoms with E-state index in [0.29, 0.717) is 23.0 Å². The maximum absolute atomic E-state index is 13.6. The molecule has 0 aliphatic heterocycles. The first-order valence-electron chi connectivity index (χ1n) is 11.1. The van der Waals surface area contributed by atoms with Crippen LogP contribution in [-0.4, -0.2) is 49.3 Å². The molecule has 0 fully saturated rings. The third-order valence-corrected chi connectivity index (χ3v) is 7.35. The van der Waals surface area contributed by atoms with Gasteiger partial charge in [-0.25, -0.2) is 8.42 Å². The Morgan fingerprint density at radius 3 is 1.94 bits per heavy atom. The number of ether oxygens (including phenoxy) is 4. The van der Waals surface area contributed by atoms with E-state index >= 15 is 0 Å². The molecule has 3 rings (SSSR count). The molecule has 10 heteroatoms. The fourth-order valence-electron chi connectivity index (χ4n) is 3.64. The van der Waals surface area contributed by atoms with Gasteiger partial charge in [-0.15, -0.1) is 0 Å². The number of rotatable bonds is 11. The molecule has 9 nitrogen and oxygen atoms in total. The number of hydrogen-bond donors (Lipinski definition) is 1. The molecule has 192 valence electrons. The molecule has 1 N–H and O–H groups in total. The Hall–Kier alpha value is -3.92. The fraction of sp³-hybridized carbons (Fsp3) is 0.269. The van der Waals surface area contributed by atoms with Gasteiger partial charge in [-0.2, -0.15) is 0 Å². The highest BCUT2D eigenvalue weighted by Gasteiger charge is 2.28. The number of benzene rings is 3. The third kappa shape index (κ3) is 5.83. The number of methoxy groups -OCH3 is 4. The van der Waals surface area contributed by atoms with Gasteiger partial charge in [0.2, 0.25) is 5.91 Å². The van der Waals surface area contributed by atoms with Crippen molar-refractivity contribution in [1.82, 2.24) is 5.32 Å². The summed E-state index contributed by atoms with van der Waals surface area (Å²) in [5, 5.41) is 2.86. The van der Waals surface area contributed by atoms with Gasteiger partial charge in [-0.3, -0.25) is 9.10 Å². The van der Waals surface area contributed by atoms with Crippen LogP contribution in [0, 0.1) is 0 Å². The maximum Gasteiger partial charge on any atom is 0.264 e. The minimum Gasteiger partial charge on any atom is -0.493 e. The van der Waals surface area contributed by atoms with Crippen LogP contribution in [0.1, 0.15) is 18.5 Å². The lowest BCUT2D eigenvalue weighted by Gasteiger charge is -2.26. The Balaban J connectivity index is 1.92. The molecule has 3 aromatic carbocycles. The van der Waals surface area contributed by atoms with Crippen LogP contribution in [0.5, 0.6) is 23.0 Å². The number of nitrogens with zero attached hydrogens (tertiary/aromatic N) is 1. The zero-order valence-corrected chi connectivity index (χ0v) is 21.7. The summed E-state index contributed by atoms with van der Waals surface area (Å²) in [5.41, 5.74) is 1.02. The molecule has 0 bridgehead atoms. The second-order valence-electron chi connectivity index (χ2n) is 7.77. The van der Waals surface area contributed by atoms with Crippen LogP contribution in [0.4, 0.5) is 5.69 Å². The van der Waals surface area contributed by atoms with Gasteiger partial charge < -0.3 is 24.3 Å². The van der Waals surface area contributed by atoms with Crippen LogP contribution >= 0.6 is 0 Å². The van der Waals surface area contributed by atoms with Crippen molar-refractivity contribution >= 4 is 21.6 Å². The molecule has 0 radical (unpaired) electrons. The number of amides is 1. The number of nitrogens with one attached hydrogen (secondary N) is 1. The van der Waals surface area contributed by atoms with Crippen molar-refractivity contribution in [2.24, 2.45) is 0 Å². The van der Waals surface area contributed by atoms with Crippen LogP contribution in [0.15, 0.2) is 71.6 Å². The monoisotopic (exact) mass is 514 g/mol. The van der Waals surface area contributed by atoms with Gasteiger partial charge in [0, 0.05) is 6.07 Å². The quantitative estimate of drug-likeness (QED) is 0.415. The zero-order chi connectivity index (χ0) is 26.3. The van der Waals surface area contributed by atoms with E-state index in [-0.39, 0.29) is 10.6 Å².